The van der Waals surface area contributed by atoms with Crippen LogP contribution in [0.25, 0.3) is 0 Å². The third kappa shape index (κ3) is 6.81. The molecule has 4 nitrogen and oxygen atoms in total. The molecule has 1 N–H and O–H groups in total. The maximum Gasteiger partial charge on any atom is 0.220 e. The van der Waals surface area contributed by atoms with Crippen LogP contribution in [0, 0.1) is 0 Å². The van der Waals surface area contributed by atoms with Gasteiger partial charge < -0.3 is 14.8 Å². The van der Waals surface area contributed by atoms with Crippen molar-refractivity contribution in [3.05, 3.63) is 63.6 Å². The number of rotatable bonds is 9. The largest absolute Gasteiger partial charge is 0.496 e. The van der Waals surface area contributed by atoms with Gasteiger partial charge in [0.1, 0.15) is 5.75 Å². The van der Waals surface area contributed by atoms with Gasteiger partial charge in [0.25, 0.3) is 0 Å². The molecular formula is C21H26BrNO3. The Morgan fingerprint density at radius 3 is 2.35 bits per heavy atom. The van der Waals surface area contributed by atoms with Gasteiger partial charge in [0.2, 0.25) is 5.91 Å². The van der Waals surface area contributed by atoms with Gasteiger partial charge >= 0.3 is 0 Å². The van der Waals surface area contributed by atoms with Crippen molar-refractivity contribution in [2.24, 2.45) is 0 Å². The van der Waals surface area contributed by atoms with Gasteiger partial charge in [0.15, 0.2) is 0 Å². The standard InChI is InChI=1S/C21H26BrNO3/c1-15(2)26-14-18-6-4-17(5-7-18)13-23-21(24)11-9-16-8-10-20(25-3)19(22)12-16/h4-8,10,12,15H,9,11,13-14H2,1-3H3,(H,23,24). The number of hydrogen-bond donors (Lipinski definition) is 1. The first-order chi connectivity index (χ1) is 12.5. The summed E-state index contributed by atoms with van der Waals surface area (Å²) < 4.78 is 11.7. The first-order valence-corrected chi connectivity index (χ1v) is 9.55. The molecule has 5 heteroatoms. The van der Waals surface area contributed by atoms with Crippen LogP contribution < -0.4 is 10.1 Å². The minimum Gasteiger partial charge on any atom is -0.496 e. The van der Waals surface area contributed by atoms with Crippen molar-refractivity contribution in [3.63, 3.8) is 0 Å². The summed E-state index contributed by atoms with van der Waals surface area (Å²) in [6, 6.07) is 14.0. The SMILES string of the molecule is COc1ccc(CCC(=O)NCc2ccc(COC(C)C)cc2)cc1Br. The highest BCUT2D eigenvalue weighted by Gasteiger charge is 2.06. The van der Waals surface area contributed by atoms with Crippen LogP contribution in [-0.4, -0.2) is 19.1 Å². The molecule has 0 aromatic heterocycles. The van der Waals surface area contributed by atoms with E-state index in [-0.39, 0.29) is 12.0 Å². The van der Waals surface area contributed by atoms with Crippen molar-refractivity contribution >= 4 is 21.8 Å². The van der Waals surface area contributed by atoms with E-state index in [1.54, 1.807) is 7.11 Å². The predicted octanol–water partition coefficient (Wildman–Crippen LogP) is 4.63. The summed E-state index contributed by atoms with van der Waals surface area (Å²) in [5, 5.41) is 2.97. The number of methoxy groups -OCH3 is 1. The van der Waals surface area contributed by atoms with Crippen LogP contribution in [0.3, 0.4) is 0 Å². The van der Waals surface area contributed by atoms with Gasteiger partial charge in [0, 0.05) is 13.0 Å². The number of carbonyl (C=O) groups is 1. The molecule has 0 radical (unpaired) electrons. The summed E-state index contributed by atoms with van der Waals surface area (Å²) in [5.74, 6) is 0.838. The third-order valence-electron chi connectivity index (χ3n) is 3.95. The number of carbonyl (C=O) groups excluding carboxylic acids is 1. The number of hydrogen-bond acceptors (Lipinski definition) is 3. The average Bonchev–Trinajstić information content (AvgIpc) is 2.64. The number of aryl methyl sites for hydroxylation is 1. The van der Waals surface area contributed by atoms with Crippen LogP contribution in [0.2, 0.25) is 0 Å². The molecule has 0 saturated heterocycles. The molecule has 2 aromatic carbocycles. The van der Waals surface area contributed by atoms with E-state index in [0.717, 1.165) is 26.9 Å². The zero-order chi connectivity index (χ0) is 18.9. The Labute approximate surface area is 164 Å². The van der Waals surface area contributed by atoms with Crippen molar-refractivity contribution in [1.29, 1.82) is 0 Å². The monoisotopic (exact) mass is 419 g/mol. The molecule has 2 rings (SSSR count). The highest BCUT2D eigenvalue weighted by molar-refractivity contribution is 9.10. The van der Waals surface area contributed by atoms with Gasteiger partial charge in [-0.1, -0.05) is 30.3 Å². The second kappa shape index (κ2) is 10.3. The summed E-state index contributed by atoms with van der Waals surface area (Å²) >= 11 is 3.47. The molecule has 0 aliphatic carbocycles. The zero-order valence-corrected chi connectivity index (χ0v) is 17.1. The molecule has 0 spiro atoms. The van der Waals surface area contributed by atoms with Gasteiger partial charge in [-0.2, -0.15) is 0 Å². The lowest BCUT2D eigenvalue weighted by Crippen LogP contribution is -2.23. The number of halogens is 1. The maximum absolute atomic E-state index is 12.1. The van der Waals surface area contributed by atoms with Crippen molar-refractivity contribution < 1.29 is 14.3 Å². The van der Waals surface area contributed by atoms with E-state index in [0.29, 0.717) is 26.0 Å². The number of amides is 1. The summed E-state index contributed by atoms with van der Waals surface area (Å²) in [6.45, 7) is 5.20. The van der Waals surface area contributed by atoms with Crippen LogP contribution in [0.4, 0.5) is 0 Å². The van der Waals surface area contributed by atoms with E-state index < -0.39 is 0 Å². The van der Waals surface area contributed by atoms with Gasteiger partial charge in [0.05, 0.1) is 24.3 Å². The van der Waals surface area contributed by atoms with E-state index in [2.05, 4.69) is 21.2 Å². The molecule has 0 fully saturated rings. The van der Waals surface area contributed by atoms with Gasteiger partial charge in [-0.05, 0) is 65.0 Å². The Bertz CT molecular complexity index is 714. The van der Waals surface area contributed by atoms with E-state index in [1.807, 2.05) is 56.3 Å². The molecule has 26 heavy (non-hydrogen) atoms. The van der Waals surface area contributed by atoms with Gasteiger partial charge in [-0.15, -0.1) is 0 Å². The predicted molar refractivity (Wildman–Crippen MR) is 107 cm³/mol. The molecule has 0 heterocycles. The summed E-state index contributed by atoms with van der Waals surface area (Å²) in [6.07, 6.45) is 1.37. The molecule has 0 atom stereocenters. The Kier molecular flexibility index (Phi) is 8.13. The summed E-state index contributed by atoms with van der Waals surface area (Å²) in [4.78, 5) is 12.1. The third-order valence-corrected chi connectivity index (χ3v) is 4.57. The molecular weight excluding hydrogens is 394 g/mol. The molecule has 2 aromatic rings. The fraction of sp³-hybridized carbons (Fsp3) is 0.381. The van der Waals surface area contributed by atoms with Crippen molar-refractivity contribution in [1.82, 2.24) is 5.32 Å². The zero-order valence-electron chi connectivity index (χ0n) is 15.5. The quantitative estimate of drug-likeness (QED) is 0.644. The fourth-order valence-corrected chi connectivity index (χ4v) is 3.02. The number of ether oxygens (including phenoxy) is 2. The molecule has 0 aliphatic rings. The maximum atomic E-state index is 12.1. The molecule has 1 amide bonds. The molecule has 0 unspecified atom stereocenters. The number of nitrogens with one attached hydrogen (secondary N) is 1. The van der Waals surface area contributed by atoms with Crippen LogP contribution in [0.15, 0.2) is 46.9 Å². The Morgan fingerprint density at radius 1 is 1.08 bits per heavy atom. The van der Waals surface area contributed by atoms with Crippen molar-refractivity contribution in [2.45, 2.75) is 45.9 Å². The van der Waals surface area contributed by atoms with Crippen LogP contribution in [-0.2, 0) is 29.1 Å². The van der Waals surface area contributed by atoms with Crippen LogP contribution in [0.1, 0.15) is 37.0 Å². The normalized spacial score (nSPS) is 10.8. The minimum absolute atomic E-state index is 0.0455. The van der Waals surface area contributed by atoms with E-state index in [9.17, 15) is 4.79 Å². The lowest BCUT2D eigenvalue weighted by atomic mass is 10.1. The highest BCUT2D eigenvalue weighted by atomic mass is 79.9. The van der Waals surface area contributed by atoms with E-state index in [1.165, 1.54) is 0 Å². The van der Waals surface area contributed by atoms with Gasteiger partial charge in [-0.3, -0.25) is 4.79 Å². The van der Waals surface area contributed by atoms with Crippen LogP contribution >= 0.6 is 15.9 Å². The lowest BCUT2D eigenvalue weighted by Gasteiger charge is -2.09. The average molecular weight is 420 g/mol. The molecule has 0 saturated carbocycles. The Balaban J connectivity index is 1.75. The van der Waals surface area contributed by atoms with Crippen molar-refractivity contribution in [3.8, 4) is 5.75 Å². The summed E-state index contributed by atoms with van der Waals surface area (Å²) in [5.41, 5.74) is 3.32. The highest BCUT2D eigenvalue weighted by Crippen LogP contribution is 2.25. The summed E-state index contributed by atoms with van der Waals surface area (Å²) in [7, 11) is 1.64. The smallest absolute Gasteiger partial charge is 0.220 e. The second-order valence-electron chi connectivity index (χ2n) is 6.42. The van der Waals surface area contributed by atoms with Gasteiger partial charge in [-0.25, -0.2) is 0 Å². The van der Waals surface area contributed by atoms with Crippen LogP contribution in [0.5, 0.6) is 5.75 Å². The Morgan fingerprint density at radius 2 is 1.73 bits per heavy atom. The first kappa shape index (κ1) is 20.5. The lowest BCUT2D eigenvalue weighted by molar-refractivity contribution is -0.121. The molecule has 140 valence electrons. The van der Waals surface area contributed by atoms with Crippen molar-refractivity contribution in [2.75, 3.05) is 7.11 Å². The first-order valence-electron chi connectivity index (χ1n) is 8.76. The fourth-order valence-electron chi connectivity index (χ4n) is 2.43. The number of benzene rings is 2. The second-order valence-corrected chi connectivity index (χ2v) is 7.28. The molecule has 0 aliphatic heterocycles. The molecule has 0 bridgehead atoms. The topological polar surface area (TPSA) is 47.6 Å². The van der Waals surface area contributed by atoms with E-state index in [4.69, 9.17) is 9.47 Å². The Hall–Kier alpha value is -1.85. The van der Waals surface area contributed by atoms with E-state index >= 15 is 0 Å². The minimum atomic E-state index is 0.0455.